The molecule has 7 heteroatoms. The lowest BCUT2D eigenvalue weighted by atomic mass is 9.90. The van der Waals surface area contributed by atoms with Crippen molar-refractivity contribution < 1.29 is 14.3 Å². The Balaban J connectivity index is 2.01. The van der Waals surface area contributed by atoms with E-state index in [-0.39, 0.29) is 18.4 Å². The summed E-state index contributed by atoms with van der Waals surface area (Å²) in [7, 11) is 0. The zero-order valence-corrected chi connectivity index (χ0v) is 14.2. The number of carbonyl (C=O) groups is 1. The molecule has 6 nitrogen and oxygen atoms in total. The van der Waals surface area contributed by atoms with Crippen LogP contribution in [0.1, 0.15) is 20.8 Å². The van der Waals surface area contributed by atoms with E-state index in [0.29, 0.717) is 35.4 Å². The molecular weight excluding hydrogens is 318 g/mol. The maximum Gasteiger partial charge on any atom is 0.240 e. The van der Waals surface area contributed by atoms with E-state index < -0.39 is 5.54 Å². The topological polar surface area (TPSA) is 83.4 Å². The second-order valence-electron chi connectivity index (χ2n) is 5.85. The van der Waals surface area contributed by atoms with Gasteiger partial charge >= 0.3 is 0 Å². The number of amides is 1. The van der Waals surface area contributed by atoms with Gasteiger partial charge in [0, 0.05) is 12.1 Å². The fourth-order valence-corrected chi connectivity index (χ4v) is 2.23. The number of nitriles is 1. The molecule has 0 fully saturated rings. The van der Waals surface area contributed by atoms with Crippen molar-refractivity contribution in [3.8, 4) is 17.6 Å². The molecule has 1 aromatic carbocycles. The minimum atomic E-state index is -0.907. The van der Waals surface area contributed by atoms with Gasteiger partial charge in [0.15, 0.2) is 11.5 Å². The predicted molar refractivity (Wildman–Crippen MR) is 87.9 cm³/mol. The highest BCUT2D eigenvalue weighted by Crippen LogP contribution is 2.37. The molecule has 2 N–H and O–H groups in total. The first-order valence-electron chi connectivity index (χ1n) is 7.41. The summed E-state index contributed by atoms with van der Waals surface area (Å²) in [4.78, 5) is 12.1. The van der Waals surface area contributed by atoms with Crippen LogP contribution in [0.5, 0.6) is 11.5 Å². The van der Waals surface area contributed by atoms with Gasteiger partial charge < -0.3 is 20.1 Å². The molecule has 23 heavy (non-hydrogen) atoms. The second kappa shape index (κ2) is 6.97. The van der Waals surface area contributed by atoms with Gasteiger partial charge in [0.1, 0.15) is 18.8 Å². The molecule has 2 rings (SSSR count). The van der Waals surface area contributed by atoms with E-state index in [0.717, 1.165) is 0 Å². The van der Waals surface area contributed by atoms with Crippen molar-refractivity contribution in [3.05, 3.63) is 17.2 Å². The third-order valence-corrected chi connectivity index (χ3v) is 4.17. The largest absolute Gasteiger partial charge is 0.486 e. The predicted octanol–water partition coefficient (Wildman–Crippen LogP) is 2.58. The molecule has 1 amide bonds. The Morgan fingerprint density at radius 1 is 1.39 bits per heavy atom. The van der Waals surface area contributed by atoms with Gasteiger partial charge in [-0.3, -0.25) is 4.79 Å². The highest BCUT2D eigenvalue weighted by molar-refractivity contribution is 6.33. The standard InChI is InChI=1S/C16H20ClN3O3/c1-10(2)16(3,9-18)20-15(21)8-19-12-7-14-13(6-11(12)17)22-4-5-23-14/h6-7,10,19H,4-5,8H2,1-3H3,(H,20,21). The van der Waals surface area contributed by atoms with Crippen molar-refractivity contribution in [1.82, 2.24) is 5.32 Å². The molecule has 1 aliphatic heterocycles. The van der Waals surface area contributed by atoms with Crippen LogP contribution in [-0.2, 0) is 4.79 Å². The van der Waals surface area contributed by atoms with Crippen molar-refractivity contribution in [2.75, 3.05) is 25.1 Å². The van der Waals surface area contributed by atoms with E-state index in [1.165, 1.54) is 0 Å². The van der Waals surface area contributed by atoms with Crippen molar-refractivity contribution >= 4 is 23.2 Å². The number of hydrogen-bond acceptors (Lipinski definition) is 5. The fourth-order valence-electron chi connectivity index (χ4n) is 2.01. The van der Waals surface area contributed by atoms with Gasteiger partial charge in [-0.1, -0.05) is 25.4 Å². The lowest BCUT2D eigenvalue weighted by molar-refractivity contribution is -0.121. The normalized spacial score (nSPS) is 15.5. The van der Waals surface area contributed by atoms with Crippen molar-refractivity contribution in [2.45, 2.75) is 26.3 Å². The highest BCUT2D eigenvalue weighted by atomic mass is 35.5. The number of hydrogen-bond donors (Lipinski definition) is 2. The quantitative estimate of drug-likeness (QED) is 0.862. The minimum Gasteiger partial charge on any atom is -0.486 e. The Morgan fingerprint density at radius 2 is 2.00 bits per heavy atom. The third kappa shape index (κ3) is 3.99. The van der Waals surface area contributed by atoms with Crippen LogP contribution in [0.3, 0.4) is 0 Å². The van der Waals surface area contributed by atoms with Crippen LogP contribution in [0.15, 0.2) is 12.1 Å². The van der Waals surface area contributed by atoms with Crippen molar-refractivity contribution in [2.24, 2.45) is 5.92 Å². The van der Waals surface area contributed by atoms with E-state index in [1.807, 2.05) is 13.8 Å². The van der Waals surface area contributed by atoms with Crippen molar-refractivity contribution in [3.63, 3.8) is 0 Å². The zero-order chi connectivity index (χ0) is 17.0. The molecule has 0 saturated heterocycles. The number of ether oxygens (including phenoxy) is 2. The highest BCUT2D eigenvalue weighted by Gasteiger charge is 2.29. The second-order valence-corrected chi connectivity index (χ2v) is 6.25. The number of rotatable bonds is 5. The Bertz CT molecular complexity index is 642. The molecular formula is C16H20ClN3O3. The fraction of sp³-hybridized carbons (Fsp3) is 0.500. The van der Waals surface area contributed by atoms with Gasteiger partial charge in [0.2, 0.25) is 5.91 Å². The molecule has 0 bridgehead atoms. The SMILES string of the molecule is CC(C)C(C)(C#N)NC(=O)CNc1cc2c(cc1Cl)OCCO2. The average Bonchev–Trinajstić information content (AvgIpc) is 2.52. The third-order valence-electron chi connectivity index (χ3n) is 3.86. The van der Waals surface area contributed by atoms with Crippen molar-refractivity contribution in [1.29, 1.82) is 5.26 Å². The van der Waals surface area contributed by atoms with Gasteiger partial charge in [0.05, 0.1) is 23.3 Å². The Morgan fingerprint density at radius 3 is 2.57 bits per heavy atom. The monoisotopic (exact) mass is 337 g/mol. The molecule has 124 valence electrons. The maximum atomic E-state index is 12.1. The molecule has 1 aromatic rings. The summed E-state index contributed by atoms with van der Waals surface area (Å²) in [6.45, 7) is 6.43. The number of carbonyl (C=O) groups excluding carboxylic acids is 1. The van der Waals surface area contributed by atoms with Gasteiger partial charge in [-0.25, -0.2) is 0 Å². The molecule has 0 radical (unpaired) electrons. The molecule has 0 saturated carbocycles. The van der Waals surface area contributed by atoms with E-state index in [9.17, 15) is 10.1 Å². The Hall–Kier alpha value is -2.13. The lowest BCUT2D eigenvalue weighted by Crippen LogP contribution is -2.50. The molecule has 1 atom stereocenters. The van der Waals surface area contributed by atoms with Crippen LogP contribution in [0.2, 0.25) is 5.02 Å². The summed E-state index contributed by atoms with van der Waals surface area (Å²) in [5, 5.41) is 15.4. The molecule has 1 heterocycles. The maximum absolute atomic E-state index is 12.1. The molecule has 0 aromatic heterocycles. The van der Waals surface area contributed by atoms with Gasteiger partial charge in [-0.05, 0) is 12.8 Å². The average molecular weight is 338 g/mol. The minimum absolute atomic E-state index is 0.00333. The van der Waals surface area contributed by atoms with Crippen LogP contribution < -0.4 is 20.1 Å². The Labute approximate surface area is 140 Å². The number of benzene rings is 1. The summed E-state index contributed by atoms with van der Waals surface area (Å²) in [5.74, 6) is 0.892. The van der Waals surface area contributed by atoms with Crippen LogP contribution >= 0.6 is 11.6 Å². The van der Waals surface area contributed by atoms with E-state index in [2.05, 4.69) is 16.7 Å². The van der Waals surface area contributed by atoms with Gasteiger partial charge in [-0.15, -0.1) is 0 Å². The van der Waals surface area contributed by atoms with Gasteiger partial charge in [-0.2, -0.15) is 5.26 Å². The zero-order valence-electron chi connectivity index (χ0n) is 13.4. The number of fused-ring (bicyclic) bond motifs is 1. The number of nitrogens with zero attached hydrogens (tertiary/aromatic N) is 1. The number of halogens is 1. The molecule has 1 unspecified atom stereocenters. The molecule has 1 aliphatic rings. The van der Waals surface area contributed by atoms with E-state index >= 15 is 0 Å². The van der Waals surface area contributed by atoms with E-state index in [1.54, 1.807) is 19.1 Å². The van der Waals surface area contributed by atoms with Gasteiger partial charge in [0.25, 0.3) is 0 Å². The Kier molecular flexibility index (Phi) is 5.22. The molecule has 0 aliphatic carbocycles. The first-order valence-corrected chi connectivity index (χ1v) is 7.79. The number of nitrogens with one attached hydrogen (secondary N) is 2. The smallest absolute Gasteiger partial charge is 0.240 e. The summed E-state index contributed by atoms with van der Waals surface area (Å²) >= 11 is 6.17. The first kappa shape index (κ1) is 17.2. The lowest BCUT2D eigenvalue weighted by Gasteiger charge is -2.27. The first-order chi connectivity index (χ1) is 10.9. The van der Waals surface area contributed by atoms with Crippen LogP contribution in [-0.4, -0.2) is 31.2 Å². The summed E-state index contributed by atoms with van der Waals surface area (Å²) in [5.41, 5.74) is -0.329. The summed E-state index contributed by atoms with van der Waals surface area (Å²) < 4.78 is 10.9. The molecule has 0 spiro atoms. The van der Waals surface area contributed by atoms with E-state index in [4.69, 9.17) is 21.1 Å². The van der Waals surface area contributed by atoms with Crippen LogP contribution in [0, 0.1) is 17.2 Å². The number of anilines is 1. The summed E-state index contributed by atoms with van der Waals surface area (Å²) in [6, 6.07) is 5.50. The van der Waals surface area contributed by atoms with Crippen LogP contribution in [0.25, 0.3) is 0 Å². The summed E-state index contributed by atoms with van der Waals surface area (Å²) in [6.07, 6.45) is 0. The van der Waals surface area contributed by atoms with Crippen LogP contribution in [0.4, 0.5) is 5.69 Å².